The van der Waals surface area contributed by atoms with Crippen molar-refractivity contribution in [3.8, 4) is 0 Å². The van der Waals surface area contributed by atoms with Crippen molar-refractivity contribution in [3.63, 3.8) is 0 Å². The maximum Gasteiger partial charge on any atom is 0.323 e. The van der Waals surface area contributed by atoms with E-state index in [-0.39, 0.29) is 29.6 Å². The summed E-state index contributed by atoms with van der Waals surface area (Å²) in [5.41, 5.74) is -1.48. The van der Waals surface area contributed by atoms with Crippen molar-refractivity contribution in [1.29, 1.82) is 0 Å². The van der Waals surface area contributed by atoms with Crippen LogP contribution >= 0.6 is 0 Å². The van der Waals surface area contributed by atoms with Gasteiger partial charge >= 0.3 is 11.9 Å². The Bertz CT molecular complexity index is 509. The normalized spacial score (nSPS) is 63.2. The van der Waals surface area contributed by atoms with E-state index in [1.165, 1.54) is 0 Å². The van der Waals surface area contributed by atoms with E-state index >= 15 is 0 Å². The smallest absolute Gasteiger partial charge is 0.323 e. The zero-order valence-electron chi connectivity index (χ0n) is 8.56. The highest BCUT2D eigenvalue weighted by Crippen LogP contribution is 2.82. The number of cyclic esters (lactones) is 2. The highest BCUT2D eigenvalue weighted by atomic mass is 16.6. The Morgan fingerprint density at radius 1 is 1.19 bits per heavy atom. The zero-order chi connectivity index (χ0) is 10.8. The molecule has 5 atom stereocenters. The van der Waals surface area contributed by atoms with E-state index < -0.39 is 10.8 Å². The average Bonchev–Trinajstić information content (AvgIpc) is 2.79. The average molecular weight is 218 g/mol. The molecule has 2 saturated carbocycles. The Morgan fingerprint density at radius 3 is 2.69 bits per heavy atom. The first-order valence-corrected chi connectivity index (χ1v) is 5.82. The van der Waals surface area contributed by atoms with Gasteiger partial charge in [-0.15, -0.1) is 0 Å². The van der Waals surface area contributed by atoms with E-state index in [0.717, 1.165) is 19.3 Å². The van der Waals surface area contributed by atoms with Crippen LogP contribution in [0.25, 0.3) is 0 Å². The van der Waals surface area contributed by atoms with Crippen molar-refractivity contribution >= 4 is 11.9 Å². The molecule has 5 rings (SSSR count). The van der Waals surface area contributed by atoms with Gasteiger partial charge in [0.05, 0.1) is 5.41 Å². The van der Waals surface area contributed by atoms with Gasteiger partial charge in [-0.2, -0.15) is 0 Å². The zero-order valence-corrected chi connectivity index (χ0v) is 8.56. The Morgan fingerprint density at radius 2 is 1.94 bits per heavy atom. The van der Waals surface area contributed by atoms with Gasteiger partial charge in [0, 0.05) is 5.92 Å². The van der Waals surface area contributed by atoms with Crippen LogP contribution in [0.15, 0.2) is 12.2 Å². The summed E-state index contributed by atoms with van der Waals surface area (Å²) in [6, 6.07) is 0. The highest BCUT2D eigenvalue weighted by Gasteiger charge is 2.93. The number of esters is 2. The van der Waals surface area contributed by atoms with E-state index in [0.29, 0.717) is 0 Å². The SMILES string of the molecule is O=C1OC(=O)C23CCCC12C1C=CC12OC23. The van der Waals surface area contributed by atoms with Crippen molar-refractivity contribution in [2.45, 2.75) is 31.0 Å². The minimum absolute atomic E-state index is 0.0866. The first kappa shape index (κ1) is 8.01. The molecule has 2 heterocycles. The molecule has 0 bridgehead atoms. The molecule has 0 aromatic rings. The fourth-order valence-electron chi connectivity index (χ4n) is 4.91. The van der Waals surface area contributed by atoms with Gasteiger partial charge in [-0.25, -0.2) is 0 Å². The third kappa shape index (κ3) is 0.428. The molecule has 5 unspecified atom stereocenters. The summed E-state index contributed by atoms with van der Waals surface area (Å²) < 4.78 is 10.7. The van der Waals surface area contributed by atoms with Crippen molar-refractivity contribution in [2.75, 3.05) is 0 Å². The second kappa shape index (κ2) is 1.78. The number of rotatable bonds is 0. The minimum atomic E-state index is -0.641. The van der Waals surface area contributed by atoms with Gasteiger partial charge in [0.1, 0.15) is 17.1 Å². The lowest BCUT2D eigenvalue weighted by Gasteiger charge is -2.37. The maximum atomic E-state index is 12.1. The summed E-state index contributed by atoms with van der Waals surface area (Å²) in [7, 11) is 0. The molecule has 3 aliphatic carbocycles. The molecule has 0 amide bonds. The van der Waals surface area contributed by atoms with Crippen molar-refractivity contribution in [2.24, 2.45) is 16.7 Å². The number of carbonyl (C=O) groups is 2. The third-order valence-electron chi connectivity index (χ3n) is 5.54. The van der Waals surface area contributed by atoms with Crippen molar-refractivity contribution < 1.29 is 19.1 Å². The predicted octanol–water partition coefficient (Wildman–Crippen LogP) is 0.564. The lowest BCUT2D eigenvalue weighted by Crippen LogP contribution is -2.46. The Hall–Kier alpha value is -1.16. The predicted molar refractivity (Wildman–Crippen MR) is 50.1 cm³/mol. The molecule has 0 aromatic heterocycles. The van der Waals surface area contributed by atoms with Gasteiger partial charge in [-0.05, 0) is 12.8 Å². The van der Waals surface area contributed by atoms with Crippen LogP contribution in [0, 0.1) is 16.7 Å². The standard InChI is InChI=1S/C12H10O4/c13-8-10-3-1-4-11(10,9(14)15-8)7-12(16-7)5-2-6(10)12/h2,5-7H,1,3-4H2. The molecule has 0 aromatic carbocycles. The molecule has 5 aliphatic rings. The highest BCUT2D eigenvalue weighted by molar-refractivity contribution is 6.05. The Labute approximate surface area is 91.6 Å². The van der Waals surface area contributed by atoms with Gasteiger partial charge in [0.15, 0.2) is 0 Å². The third-order valence-corrected chi connectivity index (χ3v) is 5.54. The van der Waals surface area contributed by atoms with E-state index in [1.54, 1.807) is 0 Å². The summed E-state index contributed by atoms with van der Waals surface area (Å²) in [4.78, 5) is 24.2. The van der Waals surface area contributed by atoms with E-state index in [4.69, 9.17) is 9.47 Å². The summed E-state index contributed by atoms with van der Waals surface area (Å²) >= 11 is 0. The van der Waals surface area contributed by atoms with Crippen LogP contribution in [0.2, 0.25) is 0 Å². The summed E-state index contributed by atoms with van der Waals surface area (Å²) in [5.74, 6) is -0.529. The van der Waals surface area contributed by atoms with E-state index in [2.05, 4.69) is 0 Å². The second-order valence-electron chi connectivity index (χ2n) is 5.66. The molecule has 0 radical (unpaired) electrons. The van der Waals surface area contributed by atoms with E-state index in [9.17, 15) is 9.59 Å². The number of hydrogen-bond acceptors (Lipinski definition) is 4. The molecular weight excluding hydrogens is 208 g/mol. The van der Waals surface area contributed by atoms with Crippen LogP contribution < -0.4 is 0 Å². The molecule has 2 aliphatic heterocycles. The van der Waals surface area contributed by atoms with E-state index in [1.807, 2.05) is 12.2 Å². The summed E-state index contributed by atoms with van der Waals surface area (Å²) in [6.45, 7) is 0. The lowest BCUT2D eigenvalue weighted by molar-refractivity contribution is -0.157. The van der Waals surface area contributed by atoms with Crippen LogP contribution in [-0.2, 0) is 19.1 Å². The van der Waals surface area contributed by atoms with Crippen LogP contribution in [-0.4, -0.2) is 23.6 Å². The summed E-state index contributed by atoms with van der Waals surface area (Å²) in [6.07, 6.45) is 6.44. The second-order valence-corrected chi connectivity index (χ2v) is 5.66. The molecule has 16 heavy (non-hydrogen) atoms. The van der Waals surface area contributed by atoms with Gasteiger partial charge < -0.3 is 9.47 Å². The number of hydrogen-bond donors (Lipinski definition) is 0. The lowest BCUT2D eigenvalue weighted by atomic mass is 9.63. The Balaban J connectivity index is 1.87. The molecular formula is C12H10O4. The number of ether oxygens (including phenoxy) is 2. The van der Waals surface area contributed by atoms with Crippen LogP contribution in [0.5, 0.6) is 0 Å². The molecule has 4 heteroatoms. The molecule has 4 fully saturated rings. The first-order chi connectivity index (χ1) is 7.68. The molecule has 2 saturated heterocycles. The summed E-state index contributed by atoms with van der Waals surface area (Å²) in [5, 5.41) is 0. The maximum absolute atomic E-state index is 12.1. The molecule has 1 spiro atoms. The van der Waals surface area contributed by atoms with Gasteiger partial charge in [0.25, 0.3) is 0 Å². The number of carbonyl (C=O) groups excluding carboxylic acids is 2. The first-order valence-electron chi connectivity index (χ1n) is 5.82. The van der Waals surface area contributed by atoms with Crippen molar-refractivity contribution in [1.82, 2.24) is 0 Å². The Kier molecular flexibility index (Phi) is 0.889. The molecule has 4 nitrogen and oxygen atoms in total. The molecule has 0 N–H and O–H groups in total. The van der Waals surface area contributed by atoms with Gasteiger partial charge in [-0.1, -0.05) is 18.6 Å². The number of epoxide rings is 1. The van der Waals surface area contributed by atoms with Gasteiger partial charge in [0.2, 0.25) is 0 Å². The van der Waals surface area contributed by atoms with Gasteiger partial charge in [-0.3, -0.25) is 9.59 Å². The van der Waals surface area contributed by atoms with Crippen LogP contribution in [0.3, 0.4) is 0 Å². The molecule has 82 valence electrons. The quantitative estimate of drug-likeness (QED) is 0.258. The largest absolute Gasteiger partial charge is 0.392 e. The van der Waals surface area contributed by atoms with Crippen LogP contribution in [0.1, 0.15) is 19.3 Å². The van der Waals surface area contributed by atoms with Crippen molar-refractivity contribution in [3.05, 3.63) is 12.2 Å². The van der Waals surface area contributed by atoms with Crippen LogP contribution in [0.4, 0.5) is 0 Å². The topological polar surface area (TPSA) is 55.9 Å². The fraction of sp³-hybridized carbons (Fsp3) is 0.667. The fourth-order valence-corrected chi connectivity index (χ4v) is 4.91. The minimum Gasteiger partial charge on any atom is -0.392 e. The monoisotopic (exact) mass is 218 g/mol.